The van der Waals surface area contributed by atoms with Gasteiger partial charge in [-0.1, -0.05) is 6.92 Å². The van der Waals surface area contributed by atoms with Gasteiger partial charge >= 0.3 is 12.0 Å². The van der Waals surface area contributed by atoms with Crippen LogP contribution in [0.1, 0.15) is 80.3 Å². The van der Waals surface area contributed by atoms with E-state index in [9.17, 15) is 19.2 Å². The summed E-state index contributed by atoms with van der Waals surface area (Å²) in [4.78, 5) is 64.4. The van der Waals surface area contributed by atoms with Crippen LogP contribution in [0.15, 0.2) is 81.6 Å². The molecule has 8 aromatic rings. The Balaban J connectivity index is 0.000000173. The molecule has 8 rings (SSSR count). The first-order valence-electron chi connectivity index (χ1n) is 17.7. The second kappa shape index (κ2) is 15.4. The van der Waals surface area contributed by atoms with Crippen LogP contribution in [0.3, 0.4) is 0 Å². The fourth-order valence-corrected chi connectivity index (χ4v) is 6.11. The Morgan fingerprint density at radius 1 is 0.696 bits per heavy atom. The molecule has 0 amide bonds. The number of ketones is 3. The van der Waals surface area contributed by atoms with Crippen molar-refractivity contribution in [3.63, 3.8) is 0 Å². The topological polar surface area (TPSA) is 197 Å². The number of carboxylic acids is 1. The number of fused-ring (bicyclic) bond motifs is 4. The molecule has 0 atom stereocenters. The summed E-state index contributed by atoms with van der Waals surface area (Å²) in [6.45, 7) is 5.62. The molecule has 4 aromatic carbocycles. The second-order valence-electron chi connectivity index (χ2n) is 13.2. The number of carboxylic acid groups (broad SMARTS) is 1. The predicted molar refractivity (Wildman–Crippen MR) is 208 cm³/mol. The number of hydrogen-bond acceptors (Lipinski definition) is 12. The number of Topliss-reactive ketones (excluding diaryl/α,β-unsaturated/α-hetero) is 3. The summed E-state index contributed by atoms with van der Waals surface area (Å²) in [6.07, 6.45) is 1.23. The van der Waals surface area contributed by atoms with Gasteiger partial charge in [0.1, 0.15) is 23.5 Å². The maximum atomic E-state index is 12.3. The second-order valence-corrected chi connectivity index (χ2v) is 13.2. The highest BCUT2D eigenvalue weighted by Gasteiger charge is 2.17. The molecule has 0 bridgehead atoms. The summed E-state index contributed by atoms with van der Waals surface area (Å²) in [6, 6.07) is 20.8. The number of carbonyl (C=O) groups is 4. The van der Waals surface area contributed by atoms with Gasteiger partial charge in [-0.3, -0.25) is 19.7 Å². The third kappa shape index (κ3) is 7.65. The lowest BCUT2D eigenvalue weighted by Gasteiger charge is -2.03. The average molecular weight is 756 g/mol. The highest BCUT2D eigenvalue weighted by atomic mass is 16.5. The Morgan fingerprint density at radius 3 is 1.95 bits per heavy atom. The minimum atomic E-state index is -0.987. The van der Waals surface area contributed by atoms with Crippen LogP contribution in [0, 0.1) is 0 Å². The number of benzene rings is 4. The van der Waals surface area contributed by atoms with Crippen molar-refractivity contribution in [1.82, 2.24) is 29.1 Å². The number of anilines is 2. The Bertz CT molecular complexity index is 2830. The first-order valence-corrected chi connectivity index (χ1v) is 17.7. The van der Waals surface area contributed by atoms with Crippen molar-refractivity contribution in [2.45, 2.75) is 33.6 Å². The highest BCUT2D eigenvalue weighted by Crippen LogP contribution is 2.26. The quantitative estimate of drug-likeness (QED) is 0.0920. The zero-order chi connectivity index (χ0) is 39.7. The number of aromatic carboxylic acids is 1. The smallest absolute Gasteiger partial charge is 0.335 e. The normalized spacial score (nSPS) is 11.3. The molecule has 2 N–H and O–H groups in total. The molecule has 15 nitrogen and oxygen atoms in total. The molecule has 4 heterocycles. The standard InChI is InChI=1S/C22H22N4O4.C19H15N3O4/c1-4-9-29-12-19(28)15-6-8-18-17(10-15)23-21(26(18)3)25-22-24-16-7-5-14(13(2)27)11-20(16)30-22;1-10(23)11-3-5-13-16(8-11)26-18(21-13)9-17-20-14-7-12(19(24)25)4-6-15(14)22(17)2/h5-8,10-11H,4,9,12H2,1-3H3,(H,23,24,25);3-8H,9H2,1-2H3,(H,24,25). The minimum absolute atomic E-state index is 0.0329. The molecule has 284 valence electrons. The number of hydrogen-bond donors (Lipinski definition) is 2. The van der Waals surface area contributed by atoms with Crippen LogP contribution < -0.4 is 5.32 Å². The van der Waals surface area contributed by atoms with Crippen molar-refractivity contribution in [2.75, 3.05) is 18.5 Å². The van der Waals surface area contributed by atoms with E-state index >= 15 is 0 Å². The first-order chi connectivity index (χ1) is 26.9. The number of rotatable bonds is 12. The Hall–Kier alpha value is -7.00. The molecular formula is C41H37N7O8. The third-order valence-electron chi connectivity index (χ3n) is 9.17. The zero-order valence-electron chi connectivity index (χ0n) is 31.2. The van der Waals surface area contributed by atoms with Crippen LogP contribution in [0.25, 0.3) is 44.3 Å². The summed E-state index contributed by atoms with van der Waals surface area (Å²) in [5.41, 5.74) is 7.26. The van der Waals surface area contributed by atoms with E-state index in [1.165, 1.54) is 13.8 Å². The van der Waals surface area contributed by atoms with E-state index in [0.29, 0.717) is 80.6 Å². The van der Waals surface area contributed by atoms with E-state index in [4.69, 9.17) is 18.7 Å². The van der Waals surface area contributed by atoms with Crippen LogP contribution in [0.2, 0.25) is 0 Å². The van der Waals surface area contributed by atoms with Crippen LogP contribution in [-0.2, 0) is 25.3 Å². The summed E-state index contributed by atoms with van der Waals surface area (Å²) >= 11 is 0. The van der Waals surface area contributed by atoms with Gasteiger partial charge < -0.3 is 27.8 Å². The van der Waals surface area contributed by atoms with Crippen molar-refractivity contribution in [1.29, 1.82) is 0 Å². The van der Waals surface area contributed by atoms with Crippen LogP contribution >= 0.6 is 0 Å². The summed E-state index contributed by atoms with van der Waals surface area (Å²) in [5.74, 6) is 0.580. The SMILES string of the molecule is CC(=O)c1ccc2nc(Cc3nc4cc(C(=O)O)ccc4n3C)oc2c1.CCCOCC(=O)c1ccc2c(c1)nc(Nc1nc3ccc(C(C)=O)cc3o1)n2C. The number of aromatic nitrogens is 6. The molecule has 0 aliphatic heterocycles. The van der Waals surface area contributed by atoms with E-state index < -0.39 is 5.97 Å². The molecular weight excluding hydrogens is 718 g/mol. The van der Waals surface area contributed by atoms with Gasteiger partial charge in [-0.15, -0.1) is 0 Å². The van der Waals surface area contributed by atoms with E-state index in [0.717, 1.165) is 17.5 Å². The van der Waals surface area contributed by atoms with Gasteiger partial charge in [0.05, 0.1) is 34.1 Å². The molecule has 0 radical (unpaired) electrons. The zero-order valence-corrected chi connectivity index (χ0v) is 31.2. The third-order valence-corrected chi connectivity index (χ3v) is 9.17. The highest BCUT2D eigenvalue weighted by molar-refractivity contribution is 6.00. The van der Waals surface area contributed by atoms with Crippen LogP contribution in [-0.4, -0.2) is 70.7 Å². The number of ether oxygens (including phenoxy) is 1. The number of aryl methyl sites for hydroxylation is 2. The van der Waals surface area contributed by atoms with Crippen LogP contribution in [0.4, 0.5) is 12.0 Å². The maximum absolute atomic E-state index is 12.3. The van der Waals surface area contributed by atoms with E-state index in [1.807, 2.05) is 36.2 Å². The molecule has 4 aromatic heterocycles. The lowest BCUT2D eigenvalue weighted by molar-refractivity contribution is 0.0695. The summed E-state index contributed by atoms with van der Waals surface area (Å²) < 4.78 is 20.6. The lowest BCUT2D eigenvalue weighted by atomic mass is 10.1. The minimum Gasteiger partial charge on any atom is -0.478 e. The van der Waals surface area contributed by atoms with Gasteiger partial charge in [-0.2, -0.15) is 4.98 Å². The van der Waals surface area contributed by atoms with Gasteiger partial charge in [-0.05, 0) is 93.1 Å². The number of imidazole rings is 2. The predicted octanol–water partition coefficient (Wildman–Crippen LogP) is 7.48. The fourth-order valence-electron chi connectivity index (χ4n) is 6.11. The monoisotopic (exact) mass is 755 g/mol. The molecule has 0 unspecified atom stereocenters. The number of carbonyl (C=O) groups excluding carboxylic acids is 3. The first kappa shape index (κ1) is 37.3. The molecule has 0 saturated heterocycles. The van der Waals surface area contributed by atoms with Crippen molar-refractivity contribution in [3.8, 4) is 0 Å². The van der Waals surface area contributed by atoms with Crippen molar-refractivity contribution < 1.29 is 37.9 Å². The van der Waals surface area contributed by atoms with Crippen molar-refractivity contribution in [3.05, 3.63) is 107 Å². The lowest BCUT2D eigenvalue weighted by Crippen LogP contribution is -2.09. The van der Waals surface area contributed by atoms with Gasteiger partial charge in [0, 0.05) is 37.4 Å². The number of nitrogens with one attached hydrogen (secondary N) is 1. The van der Waals surface area contributed by atoms with E-state index in [2.05, 4.69) is 25.3 Å². The van der Waals surface area contributed by atoms with Gasteiger partial charge in [0.25, 0.3) is 0 Å². The number of oxazole rings is 2. The largest absolute Gasteiger partial charge is 0.478 e. The van der Waals surface area contributed by atoms with E-state index in [-0.39, 0.29) is 35.5 Å². The fraction of sp³-hybridized carbons (Fsp3) is 0.220. The van der Waals surface area contributed by atoms with E-state index in [1.54, 1.807) is 66.7 Å². The average Bonchev–Trinajstić information content (AvgIpc) is 3.93. The Morgan fingerprint density at radius 2 is 1.29 bits per heavy atom. The van der Waals surface area contributed by atoms with Crippen molar-refractivity contribution in [2.24, 2.45) is 14.1 Å². The summed E-state index contributed by atoms with van der Waals surface area (Å²) in [7, 11) is 3.72. The molecule has 0 spiro atoms. The van der Waals surface area contributed by atoms with Crippen LogP contribution in [0.5, 0.6) is 0 Å². The molecule has 0 fully saturated rings. The van der Waals surface area contributed by atoms with Gasteiger partial charge in [0.2, 0.25) is 11.8 Å². The molecule has 15 heteroatoms. The molecule has 56 heavy (non-hydrogen) atoms. The van der Waals surface area contributed by atoms with Gasteiger partial charge in [0.15, 0.2) is 28.5 Å². The summed E-state index contributed by atoms with van der Waals surface area (Å²) in [5, 5.41) is 12.2. The Kier molecular flexibility index (Phi) is 10.3. The van der Waals surface area contributed by atoms with Gasteiger partial charge in [-0.25, -0.2) is 19.7 Å². The molecule has 0 aliphatic carbocycles. The number of nitrogens with zero attached hydrogens (tertiary/aromatic N) is 6. The maximum Gasteiger partial charge on any atom is 0.335 e. The van der Waals surface area contributed by atoms with Crippen molar-refractivity contribution >= 4 is 79.5 Å². The Labute approximate surface area is 318 Å². The molecule has 0 aliphatic rings. The molecule has 0 saturated carbocycles.